The summed E-state index contributed by atoms with van der Waals surface area (Å²) < 4.78 is 0. The Morgan fingerprint density at radius 2 is 1.19 bits per heavy atom. The molecule has 7 atom stereocenters. The van der Waals surface area contributed by atoms with E-state index in [0.29, 0.717) is 11.1 Å². The molecule has 6 amide bonds. The van der Waals surface area contributed by atoms with E-state index >= 15 is 0 Å². The van der Waals surface area contributed by atoms with Crippen LogP contribution in [0.1, 0.15) is 37.8 Å². The lowest BCUT2D eigenvalue weighted by Crippen LogP contribution is -2.60. The third-order valence-corrected chi connectivity index (χ3v) is 7.89. The third kappa shape index (κ3) is 15.4. The van der Waals surface area contributed by atoms with Crippen molar-refractivity contribution in [1.82, 2.24) is 31.9 Å². The smallest absolute Gasteiger partial charge is 0.326 e. The summed E-state index contributed by atoms with van der Waals surface area (Å²) in [5.74, 6) is -8.05. The van der Waals surface area contributed by atoms with Crippen molar-refractivity contribution in [2.45, 2.75) is 81.9 Å². The summed E-state index contributed by atoms with van der Waals surface area (Å²) in [7, 11) is 0. The average Bonchev–Trinajstić information content (AvgIpc) is 3.13. The van der Waals surface area contributed by atoms with Gasteiger partial charge >= 0.3 is 11.9 Å². The van der Waals surface area contributed by atoms with E-state index in [-0.39, 0.29) is 25.7 Å². The zero-order chi connectivity index (χ0) is 40.4. The fraction of sp³-hybridized carbons (Fsp3) is 0.429. The Hall–Kier alpha value is -5.92. The van der Waals surface area contributed by atoms with E-state index < -0.39 is 103 Å². The minimum Gasteiger partial charge on any atom is -0.481 e. The molecule has 0 saturated carbocycles. The van der Waals surface area contributed by atoms with Gasteiger partial charge in [-0.25, -0.2) is 4.79 Å². The van der Waals surface area contributed by atoms with Gasteiger partial charge in [0.05, 0.1) is 25.3 Å². The van der Waals surface area contributed by atoms with Gasteiger partial charge in [0.25, 0.3) is 0 Å². The van der Waals surface area contributed by atoms with Crippen LogP contribution in [0.4, 0.5) is 0 Å². The molecule has 294 valence electrons. The molecular weight excluding hydrogens is 710 g/mol. The second kappa shape index (κ2) is 22.2. The van der Waals surface area contributed by atoms with Gasteiger partial charge in [0, 0.05) is 19.3 Å². The highest BCUT2D eigenvalue weighted by Gasteiger charge is 2.33. The lowest BCUT2D eigenvalue weighted by molar-refractivity contribution is -0.143. The number of rotatable bonds is 22. The summed E-state index contributed by atoms with van der Waals surface area (Å²) in [6.45, 7) is 0.818. The molecule has 0 aliphatic rings. The van der Waals surface area contributed by atoms with Gasteiger partial charge in [0.1, 0.15) is 30.2 Å². The van der Waals surface area contributed by atoms with Gasteiger partial charge in [-0.1, -0.05) is 60.7 Å². The molecular formula is C35H47N7O12. The molecule has 0 radical (unpaired) electrons. The number of carboxylic acid groups (broad SMARTS) is 2. The summed E-state index contributed by atoms with van der Waals surface area (Å²) in [5.41, 5.74) is 6.83. The van der Waals surface area contributed by atoms with Crippen LogP contribution in [0.2, 0.25) is 0 Å². The number of carbonyl (C=O) groups is 8. The molecule has 0 bridgehead atoms. The molecule has 0 spiro atoms. The van der Waals surface area contributed by atoms with Gasteiger partial charge in [0.15, 0.2) is 0 Å². The summed E-state index contributed by atoms with van der Waals surface area (Å²) in [5, 5.41) is 52.4. The average molecular weight is 758 g/mol. The molecule has 0 aliphatic heterocycles. The van der Waals surface area contributed by atoms with Gasteiger partial charge in [-0.2, -0.15) is 0 Å². The number of carboxylic acids is 2. The molecule has 0 aliphatic carbocycles. The van der Waals surface area contributed by atoms with E-state index in [2.05, 4.69) is 31.9 Å². The number of benzene rings is 2. The normalized spacial score (nSPS) is 14.7. The summed E-state index contributed by atoms with van der Waals surface area (Å²) in [6.07, 6.45) is -2.25. The molecule has 0 unspecified atom stereocenters. The number of hydrogen-bond acceptors (Lipinski definition) is 11. The summed E-state index contributed by atoms with van der Waals surface area (Å²) in [4.78, 5) is 99.8. The zero-order valence-electron chi connectivity index (χ0n) is 29.7. The number of hydrogen-bond donors (Lipinski definition) is 11. The first-order chi connectivity index (χ1) is 25.5. The first-order valence-corrected chi connectivity index (χ1v) is 16.9. The van der Waals surface area contributed by atoms with E-state index in [1.165, 1.54) is 13.8 Å². The second-order valence-electron chi connectivity index (χ2n) is 12.4. The molecule has 2 rings (SSSR count). The maximum absolute atomic E-state index is 13.5. The van der Waals surface area contributed by atoms with Gasteiger partial charge in [-0.05, 0) is 31.4 Å². The van der Waals surface area contributed by atoms with Crippen LogP contribution >= 0.6 is 0 Å². The Labute approximate surface area is 310 Å². The number of aliphatic hydroxyl groups is 2. The van der Waals surface area contributed by atoms with Gasteiger partial charge in [-0.15, -0.1) is 0 Å². The molecule has 19 nitrogen and oxygen atoms in total. The second-order valence-corrected chi connectivity index (χ2v) is 12.4. The van der Waals surface area contributed by atoms with Crippen molar-refractivity contribution in [3.63, 3.8) is 0 Å². The van der Waals surface area contributed by atoms with Crippen LogP contribution < -0.4 is 37.6 Å². The third-order valence-electron chi connectivity index (χ3n) is 7.89. The lowest BCUT2D eigenvalue weighted by atomic mass is 10.0. The highest BCUT2D eigenvalue weighted by atomic mass is 16.4. The van der Waals surface area contributed by atoms with Crippen LogP contribution in [0.25, 0.3) is 0 Å². The summed E-state index contributed by atoms with van der Waals surface area (Å²) in [6, 6.07) is 8.44. The quantitative estimate of drug-likeness (QED) is 0.0561. The maximum atomic E-state index is 13.5. The summed E-state index contributed by atoms with van der Waals surface area (Å²) >= 11 is 0. The zero-order valence-corrected chi connectivity index (χ0v) is 29.7. The number of nitrogens with one attached hydrogen (secondary N) is 6. The lowest BCUT2D eigenvalue weighted by Gasteiger charge is -2.26. The molecule has 12 N–H and O–H groups in total. The van der Waals surface area contributed by atoms with Gasteiger partial charge < -0.3 is 58.1 Å². The molecule has 19 heteroatoms. The SMILES string of the molecule is C[C@H](NC(=O)[C@@H](N)CCC(=O)O)C(=O)N[C@@H](CO)C(=O)NCC(=O)N[C@@H](Cc1ccccc1)C(=O)N[C@H](C(=O)N[C@@H](Cc1ccccc1)C(=O)O)[C@@H](C)O. The fourth-order valence-corrected chi connectivity index (χ4v) is 4.85. The Bertz CT molecular complexity index is 1610. The van der Waals surface area contributed by atoms with Crippen LogP contribution in [-0.4, -0.2) is 123 Å². The largest absolute Gasteiger partial charge is 0.481 e. The molecule has 0 aromatic heterocycles. The van der Waals surface area contributed by atoms with Crippen molar-refractivity contribution in [1.29, 1.82) is 0 Å². The number of aliphatic carboxylic acids is 2. The van der Waals surface area contributed by atoms with E-state index in [1.807, 2.05) is 0 Å². The Morgan fingerprint density at radius 1 is 0.648 bits per heavy atom. The topological polar surface area (TPSA) is 316 Å². The molecule has 2 aromatic carbocycles. The van der Waals surface area contributed by atoms with Crippen molar-refractivity contribution < 1.29 is 58.8 Å². The minimum atomic E-state index is -1.63. The predicted molar refractivity (Wildman–Crippen MR) is 190 cm³/mol. The first kappa shape index (κ1) is 44.2. The van der Waals surface area contributed by atoms with E-state index in [1.54, 1.807) is 60.7 Å². The van der Waals surface area contributed by atoms with Crippen molar-refractivity contribution in [3.05, 3.63) is 71.8 Å². The molecule has 54 heavy (non-hydrogen) atoms. The molecule has 0 heterocycles. The number of nitrogens with two attached hydrogens (primary N) is 1. The van der Waals surface area contributed by atoms with Gasteiger partial charge in [0.2, 0.25) is 35.4 Å². The predicted octanol–water partition coefficient (Wildman–Crippen LogP) is -3.32. The Balaban J connectivity index is 2.07. The number of carbonyl (C=O) groups excluding carboxylic acids is 6. The van der Waals surface area contributed by atoms with Crippen LogP contribution in [0.3, 0.4) is 0 Å². The highest BCUT2D eigenvalue weighted by molar-refractivity contribution is 5.96. The monoisotopic (exact) mass is 757 g/mol. The van der Waals surface area contributed by atoms with E-state index in [0.717, 1.165) is 0 Å². The number of amides is 6. The van der Waals surface area contributed by atoms with E-state index in [9.17, 15) is 53.7 Å². The van der Waals surface area contributed by atoms with Gasteiger partial charge in [-0.3, -0.25) is 33.6 Å². The first-order valence-electron chi connectivity index (χ1n) is 16.9. The standard InChI is InChI=1S/C35H47N7O12/c1-19(38-31(49)23(36)13-14-28(46)47)30(48)41-26(18-43)32(50)37-17-27(45)39-24(15-21-9-5-3-6-10-21)33(51)42-29(20(2)44)34(52)40-25(35(53)54)16-22-11-7-4-8-12-22/h3-12,19-20,23-26,29,43-44H,13-18,36H2,1-2H3,(H,37,50)(H,38,49)(H,39,45)(H,40,52)(H,41,48)(H,42,51)(H,46,47)(H,53,54)/t19-,20+,23-,24-,25-,26-,29-/m0/s1. The van der Waals surface area contributed by atoms with E-state index in [4.69, 9.17) is 10.8 Å². The molecule has 0 fully saturated rings. The van der Waals surface area contributed by atoms with Crippen LogP contribution in [0.5, 0.6) is 0 Å². The fourth-order valence-electron chi connectivity index (χ4n) is 4.85. The van der Waals surface area contributed by atoms with Crippen molar-refractivity contribution in [2.24, 2.45) is 5.73 Å². The van der Waals surface area contributed by atoms with Crippen LogP contribution in [0, 0.1) is 0 Å². The highest BCUT2D eigenvalue weighted by Crippen LogP contribution is 2.07. The minimum absolute atomic E-state index is 0.0813. The van der Waals surface area contributed by atoms with Crippen molar-refractivity contribution in [2.75, 3.05) is 13.2 Å². The molecule has 2 aromatic rings. The van der Waals surface area contributed by atoms with Crippen molar-refractivity contribution in [3.8, 4) is 0 Å². The Kier molecular flexibility index (Phi) is 18.2. The van der Waals surface area contributed by atoms with Crippen molar-refractivity contribution >= 4 is 47.4 Å². The van der Waals surface area contributed by atoms with Crippen LogP contribution in [-0.2, 0) is 51.2 Å². The Morgan fingerprint density at radius 3 is 1.69 bits per heavy atom. The molecule has 0 saturated heterocycles. The number of aliphatic hydroxyl groups excluding tert-OH is 2. The maximum Gasteiger partial charge on any atom is 0.326 e. The van der Waals surface area contributed by atoms with Crippen LogP contribution in [0.15, 0.2) is 60.7 Å².